The molecular formula is C18H20N4O4. The van der Waals surface area contributed by atoms with E-state index in [0.29, 0.717) is 17.6 Å². The molecule has 136 valence electrons. The molecule has 1 aromatic heterocycles. The van der Waals surface area contributed by atoms with Crippen LogP contribution in [0.4, 0.5) is 0 Å². The Morgan fingerprint density at radius 3 is 2.81 bits per heavy atom. The van der Waals surface area contributed by atoms with E-state index in [2.05, 4.69) is 15.5 Å². The first-order valence-electron chi connectivity index (χ1n) is 8.25. The topological polar surface area (TPSA) is 115 Å². The summed E-state index contributed by atoms with van der Waals surface area (Å²) in [7, 11) is 0. The average Bonchev–Trinajstić information content (AvgIpc) is 2.67. The van der Waals surface area contributed by atoms with Gasteiger partial charge in [-0.05, 0) is 24.6 Å². The Hall–Kier alpha value is -3.16. The van der Waals surface area contributed by atoms with Crippen LogP contribution in [0.15, 0.2) is 53.4 Å². The van der Waals surface area contributed by atoms with Crippen molar-refractivity contribution >= 4 is 16.8 Å². The van der Waals surface area contributed by atoms with Crippen LogP contribution in [0.5, 0.6) is 0 Å². The number of carbonyl (C=O) groups is 1. The number of fused-ring (bicyclic) bond motifs is 1. The number of carbonyl (C=O) groups excluding carboxylic acids is 1. The fourth-order valence-electron chi connectivity index (χ4n) is 2.56. The van der Waals surface area contributed by atoms with Crippen LogP contribution in [0, 0.1) is 15.0 Å². The minimum Gasteiger partial charge on any atom is -0.349 e. The molecule has 1 heterocycles. The summed E-state index contributed by atoms with van der Waals surface area (Å²) in [5.41, 5.74) is 1.65. The van der Waals surface area contributed by atoms with E-state index in [0.717, 1.165) is 10.9 Å². The molecule has 1 aromatic carbocycles. The number of hydrogen-bond donors (Lipinski definition) is 1. The van der Waals surface area contributed by atoms with Gasteiger partial charge in [0.15, 0.2) is 0 Å². The minimum absolute atomic E-state index is 0.0386. The number of hydrogen-bond acceptors (Lipinski definition) is 6. The normalized spacial score (nSPS) is 13.8. The molecule has 0 aliphatic heterocycles. The van der Waals surface area contributed by atoms with Crippen molar-refractivity contribution in [2.24, 2.45) is 5.18 Å². The van der Waals surface area contributed by atoms with Crippen molar-refractivity contribution in [1.29, 1.82) is 0 Å². The smallest absolute Gasteiger partial charge is 0.252 e. The molecule has 0 spiro atoms. The quantitative estimate of drug-likeness (QED) is 0.338. The monoisotopic (exact) mass is 356 g/mol. The molecule has 1 N–H and O–H groups in total. The van der Waals surface area contributed by atoms with Crippen LogP contribution in [-0.4, -0.2) is 34.4 Å². The molecule has 0 aliphatic carbocycles. The van der Waals surface area contributed by atoms with Crippen LogP contribution in [-0.2, 0) is 0 Å². The third-order valence-corrected chi connectivity index (χ3v) is 4.13. The molecule has 2 rings (SSSR count). The fraction of sp³-hybridized carbons (Fsp3) is 0.333. The highest BCUT2D eigenvalue weighted by molar-refractivity contribution is 5.97. The Morgan fingerprint density at radius 2 is 2.15 bits per heavy atom. The van der Waals surface area contributed by atoms with Gasteiger partial charge in [0.1, 0.15) is 6.04 Å². The summed E-state index contributed by atoms with van der Waals surface area (Å²) in [6.45, 7) is 3.19. The van der Waals surface area contributed by atoms with Crippen molar-refractivity contribution in [3.8, 4) is 0 Å². The van der Waals surface area contributed by atoms with Gasteiger partial charge >= 0.3 is 0 Å². The van der Waals surface area contributed by atoms with E-state index in [1.165, 1.54) is 19.2 Å². The highest BCUT2D eigenvalue weighted by Gasteiger charge is 2.20. The summed E-state index contributed by atoms with van der Waals surface area (Å²) in [5, 5.41) is 17.3. The Balaban J connectivity index is 2.07. The first-order chi connectivity index (χ1) is 12.5. The van der Waals surface area contributed by atoms with E-state index in [4.69, 9.17) is 0 Å². The van der Waals surface area contributed by atoms with Crippen molar-refractivity contribution in [3.05, 3.63) is 68.8 Å². The van der Waals surface area contributed by atoms with E-state index in [1.54, 1.807) is 13.0 Å². The third kappa shape index (κ3) is 4.69. The predicted octanol–water partition coefficient (Wildman–Crippen LogP) is 3.10. The highest BCUT2D eigenvalue weighted by atomic mass is 16.6. The first kappa shape index (κ1) is 19.2. The van der Waals surface area contributed by atoms with Crippen LogP contribution >= 0.6 is 0 Å². The largest absolute Gasteiger partial charge is 0.349 e. The molecule has 0 fully saturated rings. The summed E-state index contributed by atoms with van der Waals surface area (Å²) in [6, 6.07) is 7.35. The molecule has 2 unspecified atom stereocenters. The van der Waals surface area contributed by atoms with Gasteiger partial charge in [-0.25, -0.2) is 0 Å². The van der Waals surface area contributed by atoms with E-state index in [-0.39, 0.29) is 12.5 Å². The number of pyridine rings is 1. The summed E-state index contributed by atoms with van der Waals surface area (Å²) in [5.74, 6) is -0.384. The maximum atomic E-state index is 12.3. The molecule has 0 bridgehead atoms. The van der Waals surface area contributed by atoms with Gasteiger partial charge in [-0.3, -0.25) is 19.9 Å². The standard InChI is InChI=1S/C18H20N4O4/c1-3-13(12(2)22(25)26)9-16(21-24)11-20-18(23)15-8-14-6-4-5-7-17(14)19-10-15/h4-10,12,16H,3,11H2,1-2H3,(H,20,23). The summed E-state index contributed by atoms with van der Waals surface area (Å²) in [4.78, 5) is 38.0. The maximum absolute atomic E-state index is 12.3. The van der Waals surface area contributed by atoms with Gasteiger partial charge < -0.3 is 5.32 Å². The van der Waals surface area contributed by atoms with Crippen LogP contribution < -0.4 is 5.32 Å². The second-order valence-corrected chi connectivity index (χ2v) is 5.86. The SMILES string of the molecule is CCC(=CC(CNC(=O)c1cnc2ccccc2c1)N=O)C(C)[N+](=O)[O-]. The predicted molar refractivity (Wildman–Crippen MR) is 98.5 cm³/mol. The van der Waals surface area contributed by atoms with Gasteiger partial charge in [-0.15, -0.1) is 0 Å². The Labute approximate surface area is 150 Å². The van der Waals surface area contributed by atoms with E-state index >= 15 is 0 Å². The van der Waals surface area contributed by atoms with E-state index in [9.17, 15) is 19.8 Å². The average molecular weight is 356 g/mol. The molecule has 8 heteroatoms. The fourth-order valence-corrected chi connectivity index (χ4v) is 2.56. The lowest BCUT2D eigenvalue weighted by atomic mass is 10.0. The number of para-hydroxylation sites is 1. The zero-order chi connectivity index (χ0) is 19.1. The number of nitroso groups, excluding NO2 is 1. The summed E-state index contributed by atoms with van der Waals surface area (Å²) < 4.78 is 0. The number of nitro groups is 1. The van der Waals surface area contributed by atoms with Gasteiger partial charge in [0.2, 0.25) is 6.04 Å². The van der Waals surface area contributed by atoms with Crippen LogP contribution in [0.1, 0.15) is 30.6 Å². The highest BCUT2D eigenvalue weighted by Crippen LogP contribution is 2.14. The molecule has 2 aromatic rings. The van der Waals surface area contributed by atoms with Gasteiger partial charge in [0, 0.05) is 35.5 Å². The van der Waals surface area contributed by atoms with Gasteiger partial charge in [-0.2, -0.15) is 4.91 Å². The molecule has 8 nitrogen and oxygen atoms in total. The second-order valence-electron chi connectivity index (χ2n) is 5.86. The zero-order valence-corrected chi connectivity index (χ0v) is 14.6. The maximum Gasteiger partial charge on any atom is 0.252 e. The molecule has 0 radical (unpaired) electrons. The number of nitrogens with zero attached hydrogens (tertiary/aromatic N) is 3. The lowest BCUT2D eigenvalue weighted by Crippen LogP contribution is -2.31. The van der Waals surface area contributed by atoms with Gasteiger partial charge in [0.25, 0.3) is 5.91 Å². The molecule has 26 heavy (non-hydrogen) atoms. The lowest BCUT2D eigenvalue weighted by molar-refractivity contribution is -0.508. The third-order valence-electron chi connectivity index (χ3n) is 4.13. The Kier molecular flexibility index (Phi) is 6.48. The number of amides is 1. The second kappa shape index (κ2) is 8.80. The van der Waals surface area contributed by atoms with Crippen molar-refractivity contribution in [3.63, 3.8) is 0 Å². The van der Waals surface area contributed by atoms with E-state index in [1.807, 2.05) is 24.3 Å². The Bertz CT molecular complexity index is 850. The molecule has 0 saturated carbocycles. The summed E-state index contributed by atoms with van der Waals surface area (Å²) >= 11 is 0. The molecule has 1 amide bonds. The number of benzene rings is 1. The van der Waals surface area contributed by atoms with Crippen molar-refractivity contribution < 1.29 is 9.72 Å². The Morgan fingerprint density at radius 1 is 1.42 bits per heavy atom. The zero-order valence-electron chi connectivity index (χ0n) is 14.6. The lowest BCUT2D eigenvalue weighted by Gasteiger charge is -2.11. The van der Waals surface area contributed by atoms with Gasteiger partial charge in [0.05, 0.1) is 11.1 Å². The van der Waals surface area contributed by atoms with Crippen LogP contribution in [0.2, 0.25) is 0 Å². The number of aromatic nitrogens is 1. The minimum atomic E-state index is -0.898. The number of nitrogens with one attached hydrogen (secondary N) is 1. The van der Waals surface area contributed by atoms with Gasteiger partial charge in [-0.1, -0.05) is 30.3 Å². The number of rotatable bonds is 8. The molecule has 0 saturated heterocycles. The van der Waals surface area contributed by atoms with Crippen molar-refractivity contribution in [1.82, 2.24) is 10.3 Å². The van der Waals surface area contributed by atoms with Crippen LogP contribution in [0.3, 0.4) is 0 Å². The molecular weight excluding hydrogens is 336 g/mol. The van der Waals surface area contributed by atoms with Crippen molar-refractivity contribution in [2.45, 2.75) is 32.4 Å². The first-order valence-corrected chi connectivity index (χ1v) is 8.25. The summed E-state index contributed by atoms with van der Waals surface area (Å²) in [6.07, 6.45) is 3.35. The van der Waals surface area contributed by atoms with Crippen molar-refractivity contribution in [2.75, 3.05) is 6.54 Å². The van der Waals surface area contributed by atoms with E-state index < -0.39 is 17.0 Å². The molecule has 2 atom stereocenters. The molecule has 0 aliphatic rings. The van der Waals surface area contributed by atoms with Crippen LogP contribution in [0.25, 0.3) is 10.9 Å².